The van der Waals surface area contributed by atoms with Gasteiger partial charge in [-0.2, -0.15) is 0 Å². The molecule has 0 radical (unpaired) electrons. The fraction of sp³-hybridized carbons (Fsp3) is 0.500. The van der Waals surface area contributed by atoms with Crippen molar-refractivity contribution in [3.8, 4) is 0 Å². The minimum atomic E-state index is -0.279. The molecule has 88 valence electrons. The van der Waals surface area contributed by atoms with Gasteiger partial charge in [0.25, 0.3) is 0 Å². The summed E-state index contributed by atoms with van der Waals surface area (Å²) in [4.78, 5) is 11.9. The second-order valence-electron chi connectivity index (χ2n) is 5.27. The molecule has 1 unspecified atom stereocenters. The van der Waals surface area contributed by atoms with Gasteiger partial charge < -0.3 is 0 Å². The van der Waals surface area contributed by atoms with Gasteiger partial charge in [0.1, 0.15) is 0 Å². The van der Waals surface area contributed by atoms with Crippen molar-refractivity contribution < 1.29 is 4.79 Å². The van der Waals surface area contributed by atoms with Crippen LogP contribution in [0.2, 0.25) is 0 Å². The maximum atomic E-state index is 12.0. The molecule has 0 amide bonds. The molecule has 0 saturated carbocycles. The van der Waals surface area contributed by atoms with Gasteiger partial charge in [-0.25, -0.2) is 0 Å². The summed E-state index contributed by atoms with van der Waals surface area (Å²) in [6.07, 6.45) is 0.760. The number of hydrogen-bond donors (Lipinski definition) is 0. The molecule has 2 heteroatoms. The molecule has 0 aromatic heterocycles. The molecule has 0 aliphatic carbocycles. The van der Waals surface area contributed by atoms with Crippen LogP contribution in [0.3, 0.4) is 0 Å². The van der Waals surface area contributed by atoms with Crippen molar-refractivity contribution in [2.45, 2.75) is 38.9 Å². The summed E-state index contributed by atoms with van der Waals surface area (Å²) in [5.74, 6) is 0.257. The molecule has 16 heavy (non-hydrogen) atoms. The van der Waals surface area contributed by atoms with Crippen molar-refractivity contribution in [3.63, 3.8) is 0 Å². The van der Waals surface area contributed by atoms with Gasteiger partial charge in [-0.15, -0.1) is 0 Å². The smallest absolute Gasteiger partial charge is 0.152 e. The molecule has 0 N–H and O–H groups in total. The number of Topliss-reactive ketones (excluding diaryl/α,β-unsaturated/α-hetero) is 1. The van der Waals surface area contributed by atoms with Crippen LogP contribution in [0.1, 0.15) is 31.9 Å². The molecule has 0 saturated heterocycles. The van der Waals surface area contributed by atoms with Gasteiger partial charge in [-0.05, 0) is 18.9 Å². The van der Waals surface area contributed by atoms with E-state index < -0.39 is 0 Å². The predicted octanol–water partition coefficient (Wildman–Crippen LogP) is 3.92. The van der Waals surface area contributed by atoms with Crippen molar-refractivity contribution >= 4 is 21.7 Å². The Morgan fingerprint density at radius 2 is 1.75 bits per heavy atom. The zero-order chi connectivity index (χ0) is 12.3. The molecule has 0 heterocycles. The molecule has 1 rings (SSSR count). The highest BCUT2D eigenvalue weighted by molar-refractivity contribution is 9.10. The minimum absolute atomic E-state index is 0.0878. The van der Waals surface area contributed by atoms with Crippen LogP contribution >= 0.6 is 15.9 Å². The van der Waals surface area contributed by atoms with Crippen molar-refractivity contribution in [1.29, 1.82) is 0 Å². The fourth-order valence-corrected chi connectivity index (χ4v) is 2.55. The van der Waals surface area contributed by atoms with E-state index in [0.717, 1.165) is 6.42 Å². The lowest BCUT2D eigenvalue weighted by atomic mass is 9.87. The normalized spacial score (nSPS) is 13.6. The van der Waals surface area contributed by atoms with Crippen LogP contribution in [0.5, 0.6) is 0 Å². The molecule has 0 aliphatic heterocycles. The second-order valence-corrected chi connectivity index (χ2v) is 6.38. The van der Waals surface area contributed by atoms with Crippen LogP contribution in [-0.4, -0.2) is 10.6 Å². The number of benzene rings is 1. The number of halogens is 1. The Labute approximate surface area is 106 Å². The lowest BCUT2D eigenvalue weighted by Crippen LogP contribution is -2.29. The van der Waals surface area contributed by atoms with Gasteiger partial charge in [-0.3, -0.25) is 4.79 Å². The fourth-order valence-electron chi connectivity index (χ4n) is 1.49. The number of alkyl halides is 1. The molecule has 0 bridgehead atoms. The van der Waals surface area contributed by atoms with Gasteiger partial charge in [0.05, 0.1) is 4.83 Å². The van der Waals surface area contributed by atoms with E-state index in [1.54, 1.807) is 0 Å². The standard InChI is InChI=1S/C14H19BrO/c1-10-5-7-11(8-6-10)9-12(15)13(16)14(2,3)4/h5-8,12H,9H2,1-4H3. The molecule has 1 aromatic carbocycles. The van der Waals surface area contributed by atoms with E-state index in [1.165, 1.54) is 11.1 Å². The van der Waals surface area contributed by atoms with Crippen LogP contribution in [0.15, 0.2) is 24.3 Å². The van der Waals surface area contributed by atoms with Gasteiger partial charge in [0.2, 0.25) is 0 Å². The topological polar surface area (TPSA) is 17.1 Å². The highest BCUT2D eigenvalue weighted by Crippen LogP contribution is 2.23. The Morgan fingerprint density at radius 1 is 1.25 bits per heavy atom. The summed E-state index contributed by atoms with van der Waals surface area (Å²) in [5.41, 5.74) is 2.17. The first-order chi connectivity index (χ1) is 7.30. The van der Waals surface area contributed by atoms with Crippen molar-refractivity contribution in [1.82, 2.24) is 0 Å². The SMILES string of the molecule is Cc1ccc(CC(Br)C(=O)C(C)(C)C)cc1. The average Bonchev–Trinajstić information content (AvgIpc) is 2.19. The van der Waals surface area contributed by atoms with Crippen molar-refractivity contribution in [3.05, 3.63) is 35.4 Å². The van der Waals surface area contributed by atoms with E-state index in [1.807, 2.05) is 20.8 Å². The predicted molar refractivity (Wildman–Crippen MR) is 72.1 cm³/mol. The highest BCUT2D eigenvalue weighted by atomic mass is 79.9. The van der Waals surface area contributed by atoms with Gasteiger partial charge in [0.15, 0.2) is 5.78 Å². The maximum Gasteiger partial charge on any atom is 0.152 e. The Balaban J connectivity index is 2.68. The number of rotatable bonds is 3. The van der Waals surface area contributed by atoms with Crippen molar-refractivity contribution in [2.24, 2.45) is 5.41 Å². The molecular formula is C14H19BrO. The number of aryl methyl sites for hydroxylation is 1. The zero-order valence-corrected chi connectivity index (χ0v) is 12.0. The minimum Gasteiger partial charge on any atom is -0.298 e. The highest BCUT2D eigenvalue weighted by Gasteiger charge is 2.27. The Hall–Kier alpha value is -0.630. The third kappa shape index (κ3) is 3.75. The molecule has 1 aromatic rings. The van der Waals surface area contributed by atoms with Gasteiger partial charge in [-0.1, -0.05) is 66.5 Å². The first kappa shape index (κ1) is 13.4. The third-order valence-electron chi connectivity index (χ3n) is 2.56. The largest absolute Gasteiger partial charge is 0.298 e. The Morgan fingerprint density at radius 3 is 2.19 bits per heavy atom. The van der Waals surface area contributed by atoms with Crippen molar-refractivity contribution in [2.75, 3.05) is 0 Å². The van der Waals surface area contributed by atoms with Gasteiger partial charge >= 0.3 is 0 Å². The maximum absolute atomic E-state index is 12.0. The molecule has 0 spiro atoms. The molecule has 1 nitrogen and oxygen atoms in total. The van der Waals surface area contributed by atoms with E-state index >= 15 is 0 Å². The van der Waals surface area contributed by atoms with Crippen LogP contribution in [0.4, 0.5) is 0 Å². The third-order valence-corrected chi connectivity index (χ3v) is 3.30. The first-order valence-corrected chi connectivity index (χ1v) is 6.46. The number of carbonyl (C=O) groups is 1. The summed E-state index contributed by atoms with van der Waals surface area (Å²) in [6.45, 7) is 7.94. The second kappa shape index (κ2) is 5.13. The Kier molecular flexibility index (Phi) is 4.31. The monoisotopic (exact) mass is 282 g/mol. The average molecular weight is 283 g/mol. The molecule has 0 aliphatic rings. The van der Waals surface area contributed by atoms with E-state index in [4.69, 9.17) is 0 Å². The van der Waals surface area contributed by atoms with E-state index in [-0.39, 0.29) is 16.0 Å². The van der Waals surface area contributed by atoms with Crippen LogP contribution in [0.25, 0.3) is 0 Å². The summed E-state index contributed by atoms with van der Waals surface area (Å²) < 4.78 is 0. The summed E-state index contributed by atoms with van der Waals surface area (Å²) in [7, 11) is 0. The number of ketones is 1. The number of hydrogen-bond acceptors (Lipinski definition) is 1. The first-order valence-electron chi connectivity index (χ1n) is 5.54. The summed E-state index contributed by atoms with van der Waals surface area (Å²) in [6, 6.07) is 8.33. The lowest BCUT2D eigenvalue weighted by Gasteiger charge is -2.20. The summed E-state index contributed by atoms with van der Waals surface area (Å²) in [5, 5.41) is 0. The van der Waals surface area contributed by atoms with Crippen LogP contribution in [-0.2, 0) is 11.2 Å². The lowest BCUT2D eigenvalue weighted by molar-refractivity contribution is -0.125. The quantitative estimate of drug-likeness (QED) is 0.768. The molecular weight excluding hydrogens is 264 g/mol. The molecule has 1 atom stereocenters. The van der Waals surface area contributed by atoms with Gasteiger partial charge in [0, 0.05) is 5.41 Å². The van der Waals surface area contributed by atoms with Crippen LogP contribution < -0.4 is 0 Å². The van der Waals surface area contributed by atoms with E-state index in [9.17, 15) is 4.79 Å². The zero-order valence-electron chi connectivity index (χ0n) is 10.4. The Bertz CT molecular complexity index is 359. The summed E-state index contributed by atoms with van der Waals surface area (Å²) >= 11 is 3.48. The van der Waals surface area contributed by atoms with E-state index in [2.05, 4.69) is 47.1 Å². The van der Waals surface area contributed by atoms with E-state index in [0.29, 0.717) is 0 Å². The molecule has 0 fully saturated rings. The van der Waals surface area contributed by atoms with Crippen LogP contribution in [0, 0.1) is 12.3 Å². The number of carbonyl (C=O) groups excluding carboxylic acids is 1.